The van der Waals surface area contributed by atoms with Crippen LogP contribution < -0.4 is 16.4 Å². The molecule has 22 heavy (non-hydrogen) atoms. The van der Waals surface area contributed by atoms with Crippen molar-refractivity contribution < 1.29 is 9.59 Å². The molecule has 1 heterocycles. The number of aromatic nitrogens is 1. The number of nitrogens with two attached hydrogens (primary N) is 1. The average molecular weight is 371 g/mol. The molecule has 0 radical (unpaired) electrons. The van der Waals surface area contributed by atoms with Crippen LogP contribution in [0.25, 0.3) is 0 Å². The van der Waals surface area contributed by atoms with E-state index in [1.807, 2.05) is 20.0 Å². The van der Waals surface area contributed by atoms with E-state index >= 15 is 0 Å². The molecule has 1 aromatic rings. The largest absolute Gasteiger partial charge is 0.348 e. The highest BCUT2D eigenvalue weighted by Crippen LogP contribution is 2.12. The second-order valence-electron chi connectivity index (χ2n) is 4.84. The number of carbonyl (C=O) groups is 2. The van der Waals surface area contributed by atoms with Gasteiger partial charge < -0.3 is 16.4 Å². The van der Waals surface area contributed by atoms with E-state index in [4.69, 9.17) is 5.73 Å². The summed E-state index contributed by atoms with van der Waals surface area (Å²) in [6, 6.07) is -0.589. The van der Waals surface area contributed by atoms with Crippen LogP contribution >= 0.6 is 36.2 Å². The molecule has 0 saturated carbocycles. The van der Waals surface area contributed by atoms with Gasteiger partial charge in [-0.1, -0.05) is 20.8 Å². The Morgan fingerprint density at radius 3 is 2.45 bits per heavy atom. The number of halogens is 2. The lowest BCUT2D eigenvalue weighted by atomic mass is 10.1. The molecule has 0 aliphatic rings. The van der Waals surface area contributed by atoms with Crippen molar-refractivity contribution in [2.24, 2.45) is 11.7 Å². The van der Waals surface area contributed by atoms with Crippen LogP contribution in [0.15, 0.2) is 6.20 Å². The van der Waals surface area contributed by atoms with Gasteiger partial charge in [-0.05, 0) is 12.3 Å². The summed E-state index contributed by atoms with van der Waals surface area (Å²) in [6.07, 6.45) is 2.75. The molecule has 0 bridgehead atoms. The number of hydrogen-bond acceptors (Lipinski definition) is 5. The summed E-state index contributed by atoms with van der Waals surface area (Å²) in [4.78, 5) is 28.6. The predicted octanol–water partition coefficient (Wildman–Crippen LogP) is 1.26. The van der Waals surface area contributed by atoms with Crippen LogP contribution in [0.2, 0.25) is 0 Å². The Balaban J connectivity index is 0. The quantitative estimate of drug-likeness (QED) is 0.672. The van der Waals surface area contributed by atoms with Gasteiger partial charge in [0.1, 0.15) is 5.01 Å². The summed E-state index contributed by atoms with van der Waals surface area (Å²) in [6.45, 7) is 6.10. The fourth-order valence-corrected chi connectivity index (χ4v) is 2.22. The van der Waals surface area contributed by atoms with Crippen LogP contribution in [-0.2, 0) is 22.6 Å². The summed E-state index contributed by atoms with van der Waals surface area (Å²) in [7, 11) is 0. The Bertz CT molecular complexity index is 469. The van der Waals surface area contributed by atoms with E-state index in [1.165, 1.54) is 4.88 Å². The minimum atomic E-state index is -0.589. The fraction of sp³-hybridized carbons (Fsp3) is 0.615. The first kappa shape index (κ1) is 23.4. The Morgan fingerprint density at radius 2 is 1.95 bits per heavy atom. The average Bonchev–Trinajstić information content (AvgIpc) is 2.89. The first-order chi connectivity index (χ1) is 9.43. The highest BCUT2D eigenvalue weighted by molar-refractivity contribution is 7.11. The molecule has 1 rings (SSSR count). The molecule has 0 spiro atoms. The second kappa shape index (κ2) is 11.6. The summed E-state index contributed by atoms with van der Waals surface area (Å²) >= 11 is 1.57. The summed E-state index contributed by atoms with van der Waals surface area (Å²) in [5.74, 6) is -0.513. The molecular weight excluding hydrogens is 347 g/mol. The smallest absolute Gasteiger partial charge is 0.239 e. The van der Waals surface area contributed by atoms with Crippen LogP contribution in [0, 0.1) is 5.92 Å². The zero-order chi connectivity index (χ0) is 15.1. The molecular formula is C13H24Cl2N4O2S. The molecule has 2 amide bonds. The van der Waals surface area contributed by atoms with Crippen LogP contribution in [0.3, 0.4) is 0 Å². The van der Waals surface area contributed by atoms with E-state index in [0.29, 0.717) is 6.54 Å². The van der Waals surface area contributed by atoms with Gasteiger partial charge in [-0.25, -0.2) is 4.98 Å². The van der Waals surface area contributed by atoms with Gasteiger partial charge in [0.05, 0.1) is 19.1 Å². The van der Waals surface area contributed by atoms with E-state index in [2.05, 4.69) is 22.5 Å². The molecule has 9 heteroatoms. The standard InChI is InChI=1S/C13H22N4O2S.2ClH/c1-4-9-5-16-11(20-9)7-15-10(18)6-17-13(19)12(14)8(2)3;;/h5,8,12H,4,6-7,14H2,1-3H3,(H,15,18)(H,17,19);2*1H/t12-;;/m0../s1. The monoisotopic (exact) mass is 370 g/mol. The Labute approximate surface area is 147 Å². The number of amides is 2. The van der Waals surface area contributed by atoms with Crippen LogP contribution in [0.1, 0.15) is 30.7 Å². The molecule has 0 saturated heterocycles. The third kappa shape index (κ3) is 7.93. The Hall–Kier alpha value is -0.890. The molecule has 6 nitrogen and oxygen atoms in total. The predicted molar refractivity (Wildman–Crippen MR) is 93.7 cm³/mol. The molecule has 128 valence electrons. The van der Waals surface area contributed by atoms with Crippen LogP contribution in [0.4, 0.5) is 0 Å². The van der Waals surface area contributed by atoms with Gasteiger partial charge >= 0.3 is 0 Å². The number of nitrogens with one attached hydrogen (secondary N) is 2. The van der Waals surface area contributed by atoms with Gasteiger partial charge in [0, 0.05) is 11.1 Å². The van der Waals surface area contributed by atoms with E-state index in [0.717, 1.165) is 11.4 Å². The van der Waals surface area contributed by atoms with Crippen molar-refractivity contribution in [3.63, 3.8) is 0 Å². The third-order valence-electron chi connectivity index (χ3n) is 2.83. The summed E-state index contributed by atoms with van der Waals surface area (Å²) < 4.78 is 0. The number of nitrogens with zero attached hydrogens (tertiary/aromatic N) is 1. The van der Waals surface area contributed by atoms with Crippen molar-refractivity contribution in [1.29, 1.82) is 0 Å². The fourth-order valence-electron chi connectivity index (χ4n) is 1.42. The minimum Gasteiger partial charge on any atom is -0.348 e. The summed E-state index contributed by atoms with van der Waals surface area (Å²) in [5.41, 5.74) is 5.68. The number of hydrogen-bond donors (Lipinski definition) is 3. The summed E-state index contributed by atoms with van der Waals surface area (Å²) in [5, 5.41) is 6.10. The molecule has 0 fully saturated rings. The lowest BCUT2D eigenvalue weighted by Crippen LogP contribution is -2.47. The molecule has 4 N–H and O–H groups in total. The molecule has 0 aromatic carbocycles. The minimum absolute atomic E-state index is 0. The van der Waals surface area contributed by atoms with E-state index in [9.17, 15) is 9.59 Å². The molecule has 0 unspecified atom stereocenters. The van der Waals surface area contributed by atoms with Gasteiger partial charge in [0.2, 0.25) is 11.8 Å². The molecule has 1 aromatic heterocycles. The van der Waals surface area contributed by atoms with Gasteiger partial charge in [-0.2, -0.15) is 0 Å². The first-order valence-electron chi connectivity index (χ1n) is 6.67. The first-order valence-corrected chi connectivity index (χ1v) is 7.49. The van der Waals surface area contributed by atoms with E-state index in [1.54, 1.807) is 11.3 Å². The Morgan fingerprint density at radius 1 is 1.32 bits per heavy atom. The maximum absolute atomic E-state index is 11.6. The zero-order valence-electron chi connectivity index (χ0n) is 12.9. The van der Waals surface area contributed by atoms with Gasteiger partial charge in [-0.3, -0.25) is 9.59 Å². The van der Waals surface area contributed by atoms with E-state index in [-0.39, 0.29) is 49.1 Å². The van der Waals surface area contributed by atoms with Crippen molar-refractivity contribution in [3.05, 3.63) is 16.1 Å². The van der Waals surface area contributed by atoms with Crippen LogP contribution in [0.5, 0.6) is 0 Å². The SMILES string of the molecule is CCc1cnc(CNC(=O)CNC(=O)[C@@H](N)C(C)C)s1.Cl.Cl. The van der Waals surface area contributed by atoms with Crippen molar-refractivity contribution >= 4 is 48.0 Å². The highest BCUT2D eigenvalue weighted by Gasteiger charge is 2.17. The normalized spacial score (nSPS) is 11.1. The lowest BCUT2D eigenvalue weighted by Gasteiger charge is -2.14. The molecule has 0 aliphatic carbocycles. The molecule has 0 aliphatic heterocycles. The van der Waals surface area contributed by atoms with Crippen molar-refractivity contribution in [2.45, 2.75) is 39.8 Å². The lowest BCUT2D eigenvalue weighted by molar-refractivity contribution is -0.127. The van der Waals surface area contributed by atoms with Gasteiger partial charge in [0.25, 0.3) is 0 Å². The second-order valence-corrected chi connectivity index (χ2v) is 6.04. The maximum atomic E-state index is 11.6. The number of carbonyl (C=O) groups excluding carboxylic acids is 2. The zero-order valence-corrected chi connectivity index (χ0v) is 15.4. The van der Waals surface area contributed by atoms with Gasteiger partial charge in [-0.15, -0.1) is 36.2 Å². The third-order valence-corrected chi connectivity index (χ3v) is 3.97. The van der Waals surface area contributed by atoms with Gasteiger partial charge in [0.15, 0.2) is 0 Å². The van der Waals surface area contributed by atoms with Crippen molar-refractivity contribution in [1.82, 2.24) is 15.6 Å². The Kier molecular flexibility index (Phi) is 12.4. The number of aryl methyl sites for hydroxylation is 1. The van der Waals surface area contributed by atoms with Crippen molar-refractivity contribution in [3.8, 4) is 0 Å². The maximum Gasteiger partial charge on any atom is 0.239 e. The number of rotatable bonds is 7. The van der Waals surface area contributed by atoms with Crippen molar-refractivity contribution in [2.75, 3.05) is 6.54 Å². The van der Waals surface area contributed by atoms with Crippen LogP contribution in [-0.4, -0.2) is 29.4 Å². The topological polar surface area (TPSA) is 97.1 Å². The number of thiazole rings is 1. The van der Waals surface area contributed by atoms with E-state index < -0.39 is 6.04 Å². The highest BCUT2D eigenvalue weighted by atomic mass is 35.5. The molecule has 1 atom stereocenters.